The Labute approximate surface area is 70.1 Å². The van der Waals surface area contributed by atoms with Gasteiger partial charge in [0, 0.05) is 17.8 Å². The van der Waals surface area contributed by atoms with Gasteiger partial charge in [-0.25, -0.2) is 0 Å². The Morgan fingerprint density at radius 2 is 2.42 bits per heavy atom. The van der Waals surface area contributed by atoms with Gasteiger partial charge in [-0.1, -0.05) is 6.07 Å². The summed E-state index contributed by atoms with van der Waals surface area (Å²) in [4.78, 5) is 14.6. The first-order valence-electron chi connectivity index (χ1n) is 3.93. The second-order valence-electron chi connectivity index (χ2n) is 3.04. The molecule has 0 radical (unpaired) electrons. The molecule has 0 saturated heterocycles. The van der Waals surface area contributed by atoms with Crippen LogP contribution in [0.25, 0.3) is 0 Å². The van der Waals surface area contributed by atoms with Gasteiger partial charge in [-0.2, -0.15) is 0 Å². The lowest BCUT2D eigenvalue weighted by Crippen LogP contribution is -1.99. The van der Waals surface area contributed by atoms with Crippen molar-refractivity contribution in [2.45, 2.75) is 12.3 Å². The predicted octanol–water partition coefficient (Wildman–Crippen LogP) is 1.27. The van der Waals surface area contributed by atoms with Crippen molar-refractivity contribution < 1.29 is 9.90 Å². The van der Waals surface area contributed by atoms with Gasteiger partial charge in [0.05, 0.1) is 5.92 Å². The van der Waals surface area contributed by atoms with Gasteiger partial charge in [0.1, 0.15) is 0 Å². The van der Waals surface area contributed by atoms with Crippen LogP contribution in [0.3, 0.4) is 0 Å². The Hall–Kier alpha value is -1.38. The third-order valence-corrected chi connectivity index (χ3v) is 2.18. The van der Waals surface area contributed by atoms with Crippen LogP contribution in [0.15, 0.2) is 24.4 Å². The molecule has 3 nitrogen and oxygen atoms in total. The van der Waals surface area contributed by atoms with Crippen LogP contribution in [0, 0.1) is 5.92 Å². The highest BCUT2D eigenvalue weighted by Gasteiger charge is 2.44. The molecule has 1 fully saturated rings. The SMILES string of the molecule is O=C(O)[C@@H]1C[C@@H]1c1ccccn1. The maximum atomic E-state index is 10.5. The second-order valence-corrected chi connectivity index (χ2v) is 3.04. The lowest BCUT2D eigenvalue weighted by molar-refractivity contribution is -0.138. The van der Waals surface area contributed by atoms with Crippen LogP contribution < -0.4 is 0 Å². The van der Waals surface area contributed by atoms with Crippen LogP contribution in [0.2, 0.25) is 0 Å². The molecule has 1 aromatic heterocycles. The number of carboxylic acids is 1. The second kappa shape index (κ2) is 2.59. The number of rotatable bonds is 2. The van der Waals surface area contributed by atoms with Gasteiger partial charge in [0.15, 0.2) is 0 Å². The highest BCUT2D eigenvalue weighted by molar-refractivity contribution is 5.75. The first-order valence-corrected chi connectivity index (χ1v) is 3.93. The van der Waals surface area contributed by atoms with E-state index in [0.29, 0.717) is 0 Å². The smallest absolute Gasteiger partial charge is 0.307 e. The molecule has 1 saturated carbocycles. The van der Waals surface area contributed by atoms with Crippen LogP contribution in [0.5, 0.6) is 0 Å². The van der Waals surface area contributed by atoms with E-state index in [4.69, 9.17) is 5.11 Å². The molecule has 0 unspecified atom stereocenters. The van der Waals surface area contributed by atoms with Gasteiger partial charge in [-0.3, -0.25) is 9.78 Å². The lowest BCUT2D eigenvalue weighted by Gasteiger charge is -1.94. The van der Waals surface area contributed by atoms with E-state index in [1.54, 1.807) is 6.20 Å². The quantitative estimate of drug-likeness (QED) is 0.714. The zero-order valence-electron chi connectivity index (χ0n) is 6.47. The number of pyridine rings is 1. The monoisotopic (exact) mass is 163 g/mol. The van der Waals surface area contributed by atoms with Gasteiger partial charge in [-0.15, -0.1) is 0 Å². The molecule has 1 aliphatic rings. The maximum Gasteiger partial charge on any atom is 0.307 e. The first-order chi connectivity index (χ1) is 5.79. The summed E-state index contributed by atoms with van der Waals surface area (Å²) in [6.07, 6.45) is 2.44. The summed E-state index contributed by atoms with van der Waals surface area (Å²) in [5.74, 6) is -0.741. The van der Waals surface area contributed by atoms with Crippen molar-refractivity contribution in [1.29, 1.82) is 0 Å². The van der Waals surface area contributed by atoms with Crippen molar-refractivity contribution in [3.05, 3.63) is 30.1 Å². The van der Waals surface area contributed by atoms with E-state index in [1.807, 2.05) is 18.2 Å². The molecule has 12 heavy (non-hydrogen) atoms. The van der Waals surface area contributed by atoms with Crippen LogP contribution >= 0.6 is 0 Å². The van der Waals surface area contributed by atoms with Gasteiger partial charge in [0.2, 0.25) is 0 Å². The van der Waals surface area contributed by atoms with E-state index in [-0.39, 0.29) is 11.8 Å². The van der Waals surface area contributed by atoms with Crippen LogP contribution in [0.4, 0.5) is 0 Å². The first kappa shape index (κ1) is 7.28. The molecule has 2 rings (SSSR count). The predicted molar refractivity (Wildman–Crippen MR) is 42.7 cm³/mol. The van der Waals surface area contributed by atoms with Crippen LogP contribution in [0.1, 0.15) is 18.0 Å². The molecule has 0 bridgehead atoms. The highest BCUT2D eigenvalue weighted by atomic mass is 16.4. The molecule has 1 heterocycles. The minimum absolute atomic E-state index is 0.156. The molecule has 3 heteroatoms. The number of carboxylic acid groups (broad SMARTS) is 1. The fraction of sp³-hybridized carbons (Fsp3) is 0.333. The Bertz CT molecular complexity index is 297. The number of hydrogen-bond acceptors (Lipinski definition) is 2. The summed E-state index contributed by atoms with van der Waals surface area (Å²) in [7, 11) is 0. The van der Waals surface area contributed by atoms with Crippen molar-refractivity contribution in [2.75, 3.05) is 0 Å². The normalized spacial score (nSPS) is 26.7. The molecule has 0 spiro atoms. The zero-order chi connectivity index (χ0) is 8.55. The summed E-state index contributed by atoms with van der Waals surface area (Å²) in [6.45, 7) is 0. The minimum atomic E-state index is -0.703. The molecule has 0 aromatic carbocycles. The molecule has 1 aliphatic carbocycles. The van der Waals surface area contributed by atoms with Gasteiger partial charge < -0.3 is 5.11 Å². The average molecular weight is 163 g/mol. The topological polar surface area (TPSA) is 50.2 Å². The molecule has 1 N–H and O–H groups in total. The number of carbonyl (C=O) groups is 1. The fourth-order valence-corrected chi connectivity index (χ4v) is 1.39. The van der Waals surface area contributed by atoms with E-state index in [1.165, 1.54) is 0 Å². The van der Waals surface area contributed by atoms with Crippen LogP contribution in [-0.2, 0) is 4.79 Å². The lowest BCUT2D eigenvalue weighted by atomic mass is 10.2. The van der Waals surface area contributed by atoms with Crippen molar-refractivity contribution in [3.63, 3.8) is 0 Å². The molecule has 0 amide bonds. The van der Waals surface area contributed by atoms with Gasteiger partial charge in [-0.05, 0) is 18.6 Å². The summed E-state index contributed by atoms with van der Waals surface area (Å²) >= 11 is 0. The fourth-order valence-electron chi connectivity index (χ4n) is 1.39. The van der Waals surface area contributed by atoms with Crippen LogP contribution in [-0.4, -0.2) is 16.1 Å². The Morgan fingerprint density at radius 3 is 2.92 bits per heavy atom. The summed E-state index contributed by atoms with van der Waals surface area (Å²) in [6, 6.07) is 5.61. The van der Waals surface area contributed by atoms with Gasteiger partial charge >= 0.3 is 5.97 Å². The standard InChI is InChI=1S/C9H9NO2/c11-9(12)7-5-6(7)8-3-1-2-4-10-8/h1-4,6-7H,5H2,(H,11,12)/t6-,7+/m0/s1. The molecular weight excluding hydrogens is 154 g/mol. The Kier molecular flexibility index (Phi) is 1.57. The summed E-state index contributed by atoms with van der Waals surface area (Å²) in [5, 5.41) is 8.66. The van der Waals surface area contributed by atoms with Crippen molar-refractivity contribution >= 4 is 5.97 Å². The maximum absolute atomic E-state index is 10.5. The molecular formula is C9H9NO2. The molecule has 1 aromatic rings. The van der Waals surface area contributed by atoms with E-state index >= 15 is 0 Å². The highest BCUT2D eigenvalue weighted by Crippen LogP contribution is 2.46. The summed E-state index contributed by atoms with van der Waals surface area (Å²) in [5.41, 5.74) is 0.907. The van der Waals surface area contributed by atoms with E-state index in [9.17, 15) is 4.79 Å². The summed E-state index contributed by atoms with van der Waals surface area (Å²) < 4.78 is 0. The Morgan fingerprint density at radius 1 is 1.58 bits per heavy atom. The molecule has 2 atom stereocenters. The number of aliphatic carboxylic acids is 1. The average Bonchev–Trinajstić information content (AvgIpc) is 2.84. The third-order valence-electron chi connectivity index (χ3n) is 2.18. The number of hydrogen-bond donors (Lipinski definition) is 1. The molecule has 62 valence electrons. The zero-order valence-corrected chi connectivity index (χ0v) is 6.47. The largest absolute Gasteiger partial charge is 0.481 e. The third kappa shape index (κ3) is 1.18. The van der Waals surface area contributed by atoms with Crippen molar-refractivity contribution in [1.82, 2.24) is 4.98 Å². The van der Waals surface area contributed by atoms with Gasteiger partial charge in [0.25, 0.3) is 0 Å². The van der Waals surface area contributed by atoms with E-state index in [2.05, 4.69) is 4.98 Å². The Balaban J connectivity index is 2.11. The van der Waals surface area contributed by atoms with Crippen molar-refractivity contribution in [2.24, 2.45) is 5.92 Å². The number of nitrogens with zero attached hydrogens (tertiary/aromatic N) is 1. The molecule has 0 aliphatic heterocycles. The number of aromatic nitrogens is 1. The van der Waals surface area contributed by atoms with E-state index < -0.39 is 5.97 Å². The minimum Gasteiger partial charge on any atom is -0.481 e. The van der Waals surface area contributed by atoms with E-state index in [0.717, 1.165) is 12.1 Å². The van der Waals surface area contributed by atoms with Crippen molar-refractivity contribution in [3.8, 4) is 0 Å².